The lowest BCUT2D eigenvalue weighted by molar-refractivity contribution is 0.114. The van der Waals surface area contributed by atoms with E-state index >= 15 is 0 Å². The number of hydrogen-bond donors (Lipinski definition) is 2. The van der Waals surface area contributed by atoms with Gasteiger partial charge in [0.1, 0.15) is 0 Å². The quantitative estimate of drug-likeness (QED) is 0.267. The first-order valence-electron chi connectivity index (χ1n) is 10.4. The lowest BCUT2D eigenvalue weighted by Gasteiger charge is -2.21. The van der Waals surface area contributed by atoms with Gasteiger partial charge in [-0.2, -0.15) is 0 Å². The maximum atomic E-state index is 10.4. The third kappa shape index (κ3) is 8.70. The molecule has 0 radical (unpaired) electrons. The molecule has 1 saturated carbocycles. The topological polar surface area (TPSA) is 58.9 Å². The normalized spacial score (nSPS) is 27.6. The van der Waals surface area contributed by atoms with Gasteiger partial charge in [-0.3, -0.25) is 0 Å². The average molecular weight is 369 g/mol. The fraction of sp³-hybridized carbons (Fsp3) is 0.818. The molecule has 0 saturated heterocycles. The van der Waals surface area contributed by atoms with Crippen molar-refractivity contribution in [3.05, 3.63) is 24.5 Å². The van der Waals surface area contributed by atoms with Crippen LogP contribution in [-0.2, 0) is 9.47 Å². The highest BCUT2D eigenvalue weighted by molar-refractivity contribution is 5.04. The Bertz CT molecular complexity index is 394. The number of hydrogen-bond acceptors (Lipinski definition) is 4. The smallest absolute Gasteiger partial charge is 0.0784 e. The maximum Gasteiger partial charge on any atom is 0.0784 e. The molecular weight excluding hydrogens is 328 g/mol. The predicted molar refractivity (Wildman–Crippen MR) is 107 cm³/mol. The van der Waals surface area contributed by atoms with Crippen molar-refractivity contribution in [2.45, 2.75) is 89.4 Å². The average Bonchev–Trinajstić information content (AvgIpc) is 2.90. The molecule has 0 amide bonds. The summed E-state index contributed by atoms with van der Waals surface area (Å²) in [5, 5.41) is 20.7. The highest BCUT2D eigenvalue weighted by atomic mass is 16.5. The minimum absolute atomic E-state index is 0.0437. The largest absolute Gasteiger partial charge is 0.505 e. The van der Waals surface area contributed by atoms with Gasteiger partial charge in [-0.15, -0.1) is 0 Å². The van der Waals surface area contributed by atoms with E-state index in [0.29, 0.717) is 6.42 Å². The van der Waals surface area contributed by atoms with Crippen LogP contribution in [-0.4, -0.2) is 42.7 Å². The minimum Gasteiger partial charge on any atom is -0.505 e. The first-order valence-corrected chi connectivity index (χ1v) is 10.4. The van der Waals surface area contributed by atoms with E-state index in [1.165, 1.54) is 12.8 Å². The van der Waals surface area contributed by atoms with Crippen molar-refractivity contribution in [2.75, 3.05) is 14.2 Å². The van der Waals surface area contributed by atoms with Crippen molar-refractivity contribution < 1.29 is 19.7 Å². The van der Waals surface area contributed by atoms with Gasteiger partial charge in [0, 0.05) is 19.4 Å². The molecule has 2 N–H and O–H groups in total. The summed E-state index contributed by atoms with van der Waals surface area (Å²) in [6, 6.07) is 0. The molecule has 1 aliphatic rings. The maximum absolute atomic E-state index is 10.4. The summed E-state index contributed by atoms with van der Waals surface area (Å²) in [5.74, 6) is 0.200. The van der Waals surface area contributed by atoms with E-state index in [2.05, 4.69) is 19.1 Å². The van der Waals surface area contributed by atoms with Crippen LogP contribution in [0.4, 0.5) is 0 Å². The Morgan fingerprint density at radius 1 is 1.04 bits per heavy atom. The van der Waals surface area contributed by atoms with Gasteiger partial charge in [0.2, 0.25) is 0 Å². The van der Waals surface area contributed by atoms with Crippen molar-refractivity contribution >= 4 is 0 Å². The van der Waals surface area contributed by atoms with Crippen molar-refractivity contribution in [1.82, 2.24) is 0 Å². The third-order valence-corrected chi connectivity index (χ3v) is 5.50. The highest BCUT2D eigenvalue weighted by Gasteiger charge is 2.39. The molecule has 4 heteroatoms. The van der Waals surface area contributed by atoms with Gasteiger partial charge in [0.25, 0.3) is 0 Å². The summed E-state index contributed by atoms with van der Waals surface area (Å²) >= 11 is 0. The zero-order chi connectivity index (χ0) is 19.2. The van der Waals surface area contributed by atoms with E-state index in [4.69, 9.17) is 9.47 Å². The molecule has 5 unspecified atom stereocenters. The number of ether oxygens (including phenoxy) is 2. The lowest BCUT2D eigenvalue weighted by atomic mass is 9.88. The third-order valence-electron chi connectivity index (χ3n) is 5.50. The van der Waals surface area contributed by atoms with E-state index in [1.54, 1.807) is 20.5 Å². The second kappa shape index (κ2) is 14.2. The highest BCUT2D eigenvalue weighted by Crippen LogP contribution is 2.37. The van der Waals surface area contributed by atoms with Crippen LogP contribution < -0.4 is 0 Å². The van der Waals surface area contributed by atoms with Gasteiger partial charge in [-0.05, 0) is 37.7 Å². The molecule has 0 spiro atoms. The first-order chi connectivity index (χ1) is 12.6. The zero-order valence-electron chi connectivity index (χ0n) is 17.0. The summed E-state index contributed by atoms with van der Waals surface area (Å²) in [7, 11) is 3.41. The van der Waals surface area contributed by atoms with Crippen molar-refractivity contribution in [2.24, 2.45) is 11.8 Å². The molecule has 1 fully saturated rings. The van der Waals surface area contributed by atoms with Crippen LogP contribution in [0.1, 0.15) is 71.1 Å². The number of unbranched alkanes of at least 4 members (excludes halogenated alkanes) is 5. The molecule has 0 heterocycles. The van der Waals surface area contributed by atoms with Crippen LogP contribution in [0, 0.1) is 11.8 Å². The molecule has 0 bridgehead atoms. The Balaban J connectivity index is 2.44. The van der Waals surface area contributed by atoms with E-state index < -0.39 is 12.2 Å². The summed E-state index contributed by atoms with van der Waals surface area (Å²) in [6.45, 7) is 2.20. The summed E-state index contributed by atoms with van der Waals surface area (Å²) < 4.78 is 10.4. The number of rotatable bonds is 14. The van der Waals surface area contributed by atoms with Crippen LogP contribution in [0.15, 0.2) is 24.5 Å². The summed E-state index contributed by atoms with van der Waals surface area (Å²) in [4.78, 5) is 0. The Morgan fingerprint density at radius 3 is 2.54 bits per heavy atom. The molecule has 1 rings (SSSR count). The van der Waals surface area contributed by atoms with Gasteiger partial charge in [0.05, 0.1) is 31.7 Å². The van der Waals surface area contributed by atoms with E-state index in [-0.39, 0.29) is 17.9 Å². The van der Waals surface area contributed by atoms with Crippen LogP contribution in [0.3, 0.4) is 0 Å². The predicted octanol–water partition coefficient (Wildman–Crippen LogP) is 4.61. The molecular formula is C22H40O4. The molecule has 4 nitrogen and oxygen atoms in total. The van der Waals surface area contributed by atoms with E-state index in [0.717, 1.165) is 44.9 Å². The standard InChI is InChI=1S/C22H40O4/c1-4-5-9-12-18(26-3)14-15-20-19(21(23)17-22(20)24)13-10-7-6-8-11-16-25-2/h11,14-16,18-24H,4-10,12-13,17H2,1-3H3/b15-14+,16-11?. The van der Waals surface area contributed by atoms with Gasteiger partial charge >= 0.3 is 0 Å². The Hall–Kier alpha value is -0.840. The number of allylic oxidation sites excluding steroid dienone is 1. The zero-order valence-corrected chi connectivity index (χ0v) is 17.0. The molecule has 26 heavy (non-hydrogen) atoms. The Labute approximate surface area is 160 Å². The Kier molecular flexibility index (Phi) is 12.7. The van der Waals surface area contributed by atoms with Crippen LogP contribution in [0.5, 0.6) is 0 Å². The molecule has 0 aliphatic heterocycles. The van der Waals surface area contributed by atoms with Gasteiger partial charge in [-0.25, -0.2) is 0 Å². The fourth-order valence-electron chi connectivity index (χ4n) is 3.90. The number of aliphatic hydroxyl groups excluding tert-OH is 2. The van der Waals surface area contributed by atoms with Crippen molar-refractivity contribution in [3.8, 4) is 0 Å². The summed E-state index contributed by atoms with van der Waals surface area (Å²) in [6.07, 6.45) is 17.7. The van der Waals surface area contributed by atoms with Gasteiger partial charge < -0.3 is 19.7 Å². The second-order valence-electron chi connectivity index (χ2n) is 7.51. The molecule has 1 aliphatic carbocycles. The monoisotopic (exact) mass is 368 g/mol. The first kappa shape index (κ1) is 23.2. The molecule has 0 aromatic heterocycles. The SMILES string of the molecule is CCCCCC(/C=C/C1C(O)CC(O)C1CCCCCC=COC)OC. The molecule has 0 aromatic rings. The van der Waals surface area contributed by atoms with E-state index in [9.17, 15) is 10.2 Å². The molecule has 0 aromatic carbocycles. The lowest BCUT2D eigenvalue weighted by Crippen LogP contribution is -2.21. The summed E-state index contributed by atoms with van der Waals surface area (Å²) in [5.41, 5.74) is 0. The second-order valence-corrected chi connectivity index (χ2v) is 7.51. The fourth-order valence-corrected chi connectivity index (χ4v) is 3.90. The van der Waals surface area contributed by atoms with Crippen LogP contribution in [0.25, 0.3) is 0 Å². The van der Waals surface area contributed by atoms with E-state index in [1.807, 2.05) is 6.08 Å². The van der Waals surface area contributed by atoms with Crippen LogP contribution in [0.2, 0.25) is 0 Å². The molecule has 152 valence electrons. The minimum atomic E-state index is -0.441. The van der Waals surface area contributed by atoms with Crippen molar-refractivity contribution in [1.29, 1.82) is 0 Å². The number of aliphatic hydroxyl groups is 2. The Morgan fingerprint density at radius 2 is 1.85 bits per heavy atom. The number of methoxy groups -OCH3 is 2. The van der Waals surface area contributed by atoms with Gasteiger partial charge in [0.15, 0.2) is 0 Å². The molecule has 5 atom stereocenters. The van der Waals surface area contributed by atoms with Crippen molar-refractivity contribution in [3.63, 3.8) is 0 Å². The van der Waals surface area contributed by atoms with Crippen LogP contribution >= 0.6 is 0 Å². The van der Waals surface area contributed by atoms with Gasteiger partial charge in [-0.1, -0.05) is 51.2 Å².